The molecule has 1 aromatic heterocycles. The molecule has 1 heterocycles. The molecule has 1 fully saturated rings. The largest absolute Gasteiger partial charge is 0.377 e. The Morgan fingerprint density at radius 2 is 1.72 bits per heavy atom. The number of benzene rings is 2. The predicted molar refractivity (Wildman–Crippen MR) is 133 cm³/mol. The molecule has 3 aromatic rings. The number of fused-ring (bicyclic) bond motifs is 1. The molecule has 6 nitrogen and oxygen atoms in total. The second kappa shape index (κ2) is 10.1. The third kappa shape index (κ3) is 5.43. The van der Waals surface area contributed by atoms with Crippen LogP contribution in [0.15, 0.2) is 54.6 Å². The summed E-state index contributed by atoms with van der Waals surface area (Å²) in [6, 6.07) is 18.3. The highest BCUT2D eigenvalue weighted by Gasteiger charge is 2.23. The lowest BCUT2D eigenvalue weighted by atomic mass is 9.91. The van der Waals surface area contributed by atoms with Crippen LogP contribution in [0.4, 0.5) is 16.3 Å². The summed E-state index contributed by atoms with van der Waals surface area (Å²) in [7, 11) is 4.11. The molecule has 0 spiro atoms. The van der Waals surface area contributed by atoms with Crippen molar-refractivity contribution in [2.75, 3.05) is 24.3 Å². The lowest BCUT2D eigenvalue weighted by molar-refractivity contribution is 0.231. The van der Waals surface area contributed by atoms with E-state index in [0.717, 1.165) is 53.7 Å². The van der Waals surface area contributed by atoms with Crippen molar-refractivity contribution in [3.8, 4) is 0 Å². The average molecular weight is 452 g/mol. The summed E-state index contributed by atoms with van der Waals surface area (Å²) < 4.78 is 0. The summed E-state index contributed by atoms with van der Waals surface area (Å²) in [4.78, 5) is 19.2. The van der Waals surface area contributed by atoms with Gasteiger partial charge in [0.15, 0.2) is 0 Å². The molecule has 1 aliphatic carbocycles. The number of pyridine rings is 1. The van der Waals surface area contributed by atoms with Crippen LogP contribution in [0.1, 0.15) is 31.2 Å². The number of hydrogen-bond donors (Lipinski definition) is 3. The summed E-state index contributed by atoms with van der Waals surface area (Å²) >= 11 is 6.15. The molecule has 0 unspecified atom stereocenters. The van der Waals surface area contributed by atoms with Crippen LogP contribution in [0.5, 0.6) is 0 Å². The van der Waals surface area contributed by atoms with E-state index in [0.29, 0.717) is 17.6 Å². The third-order valence-corrected chi connectivity index (χ3v) is 6.36. The van der Waals surface area contributed by atoms with Gasteiger partial charge in [-0.15, -0.1) is 0 Å². The summed E-state index contributed by atoms with van der Waals surface area (Å²) in [5, 5.41) is 11.4. The van der Waals surface area contributed by atoms with E-state index in [4.69, 9.17) is 16.6 Å². The van der Waals surface area contributed by atoms with E-state index in [1.54, 1.807) is 0 Å². The first kappa shape index (κ1) is 22.2. The van der Waals surface area contributed by atoms with Gasteiger partial charge in [-0.3, -0.25) is 0 Å². The minimum atomic E-state index is -0.145. The van der Waals surface area contributed by atoms with E-state index >= 15 is 0 Å². The fourth-order valence-electron chi connectivity index (χ4n) is 4.25. The van der Waals surface area contributed by atoms with Crippen LogP contribution in [-0.2, 0) is 6.54 Å². The fourth-order valence-corrected chi connectivity index (χ4v) is 4.45. The van der Waals surface area contributed by atoms with Crippen LogP contribution in [0.3, 0.4) is 0 Å². The normalized spacial score (nSPS) is 18.2. The molecule has 1 aliphatic rings. The highest BCUT2D eigenvalue weighted by atomic mass is 35.5. The van der Waals surface area contributed by atoms with E-state index in [9.17, 15) is 4.79 Å². The molecular weight excluding hydrogens is 422 g/mol. The minimum absolute atomic E-state index is 0.145. The molecule has 0 atom stereocenters. The first-order valence-corrected chi connectivity index (χ1v) is 11.5. The molecular formula is C25H30ClN5O. The van der Waals surface area contributed by atoms with Crippen LogP contribution in [0, 0.1) is 0 Å². The number of urea groups is 1. The van der Waals surface area contributed by atoms with Crippen molar-refractivity contribution >= 4 is 40.0 Å². The average Bonchev–Trinajstić information content (AvgIpc) is 2.79. The lowest BCUT2D eigenvalue weighted by Gasteiger charge is -2.30. The van der Waals surface area contributed by atoms with E-state index in [2.05, 4.69) is 53.1 Å². The number of carbonyl (C=O) groups is 1. The van der Waals surface area contributed by atoms with Gasteiger partial charge in [0.25, 0.3) is 0 Å². The molecule has 0 bridgehead atoms. The van der Waals surface area contributed by atoms with Crippen molar-refractivity contribution in [3.05, 3.63) is 65.2 Å². The Kier molecular flexibility index (Phi) is 7.00. The van der Waals surface area contributed by atoms with Crippen LogP contribution >= 0.6 is 11.6 Å². The Morgan fingerprint density at radius 3 is 2.47 bits per heavy atom. The Balaban J connectivity index is 1.29. The summed E-state index contributed by atoms with van der Waals surface area (Å²) in [5.74, 6) is 0.904. The number of nitrogens with zero attached hydrogens (tertiary/aromatic N) is 2. The molecule has 0 aliphatic heterocycles. The molecule has 0 radical (unpaired) electrons. The van der Waals surface area contributed by atoms with Crippen molar-refractivity contribution in [3.63, 3.8) is 0 Å². The van der Waals surface area contributed by atoms with Gasteiger partial charge in [-0.25, -0.2) is 9.78 Å². The molecule has 2 amide bonds. The number of rotatable bonds is 6. The maximum atomic E-state index is 12.3. The molecule has 32 heavy (non-hydrogen) atoms. The molecule has 168 valence electrons. The number of anilines is 2. The highest BCUT2D eigenvalue weighted by Crippen LogP contribution is 2.29. The molecule has 3 N–H and O–H groups in total. The van der Waals surface area contributed by atoms with Gasteiger partial charge >= 0.3 is 6.03 Å². The van der Waals surface area contributed by atoms with Gasteiger partial charge in [0.1, 0.15) is 5.82 Å². The standard InChI is InChI=1S/C25H30ClN5O/c1-31(2)23-15-24(30-22-10-6-4-8-20(22)23)28-18-11-13-19(14-12-18)29-25(32)27-16-17-7-3-5-9-21(17)26/h3-10,15,18-19H,11-14,16H2,1-2H3,(H,28,30)(H2,27,29,32). The Morgan fingerprint density at radius 1 is 1.03 bits per heavy atom. The zero-order chi connectivity index (χ0) is 22.5. The SMILES string of the molecule is CN(C)c1cc(NC2CCC(NC(=O)NCc3ccccc3Cl)CC2)nc2ccccc12. The number of nitrogens with one attached hydrogen (secondary N) is 3. The van der Waals surface area contributed by atoms with Gasteiger partial charge in [-0.1, -0.05) is 48.0 Å². The lowest BCUT2D eigenvalue weighted by Crippen LogP contribution is -2.44. The van der Waals surface area contributed by atoms with E-state index in [1.807, 2.05) is 36.4 Å². The Hall–Kier alpha value is -2.99. The van der Waals surface area contributed by atoms with Crippen molar-refractivity contribution in [1.29, 1.82) is 0 Å². The van der Waals surface area contributed by atoms with Gasteiger partial charge < -0.3 is 20.9 Å². The van der Waals surface area contributed by atoms with Crippen molar-refractivity contribution in [1.82, 2.24) is 15.6 Å². The summed E-state index contributed by atoms with van der Waals surface area (Å²) in [6.45, 7) is 0.421. The predicted octanol–water partition coefficient (Wildman–Crippen LogP) is 5.18. The fraction of sp³-hybridized carbons (Fsp3) is 0.360. The number of halogens is 1. The van der Waals surface area contributed by atoms with E-state index in [-0.39, 0.29) is 12.1 Å². The monoisotopic (exact) mass is 451 g/mol. The number of aromatic nitrogens is 1. The Labute approximate surface area is 194 Å². The maximum Gasteiger partial charge on any atom is 0.315 e. The molecule has 7 heteroatoms. The topological polar surface area (TPSA) is 69.3 Å². The highest BCUT2D eigenvalue weighted by molar-refractivity contribution is 6.31. The molecule has 2 aromatic carbocycles. The number of hydrogen-bond acceptors (Lipinski definition) is 4. The van der Waals surface area contributed by atoms with Crippen LogP contribution < -0.4 is 20.9 Å². The minimum Gasteiger partial charge on any atom is -0.377 e. The van der Waals surface area contributed by atoms with Crippen LogP contribution in [0.25, 0.3) is 10.9 Å². The van der Waals surface area contributed by atoms with Gasteiger partial charge in [-0.05, 0) is 43.4 Å². The number of carbonyl (C=O) groups excluding carboxylic acids is 1. The van der Waals surface area contributed by atoms with Crippen molar-refractivity contribution in [2.24, 2.45) is 0 Å². The molecule has 1 saturated carbocycles. The van der Waals surface area contributed by atoms with Crippen molar-refractivity contribution < 1.29 is 4.79 Å². The van der Waals surface area contributed by atoms with Crippen LogP contribution in [-0.4, -0.2) is 37.2 Å². The van der Waals surface area contributed by atoms with Crippen molar-refractivity contribution in [2.45, 2.75) is 44.3 Å². The molecule has 4 rings (SSSR count). The van der Waals surface area contributed by atoms with Gasteiger partial charge in [-0.2, -0.15) is 0 Å². The Bertz CT molecular complexity index is 1080. The van der Waals surface area contributed by atoms with Crippen LogP contribution in [0.2, 0.25) is 5.02 Å². The second-order valence-electron chi connectivity index (χ2n) is 8.55. The zero-order valence-electron chi connectivity index (χ0n) is 18.6. The quantitative estimate of drug-likeness (QED) is 0.483. The van der Waals surface area contributed by atoms with E-state index < -0.39 is 0 Å². The molecule has 0 saturated heterocycles. The van der Waals surface area contributed by atoms with Gasteiger partial charge in [0.05, 0.1) is 5.52 Å². The van der Waals surface area contributed by atoms with E-state index in [1.165, 1.54) is 0 Å². The summed E-state index contributed by atoms with van der Waals surface area (Å²) in [5.41, 5.74) is 3.06. The van der Waals surface area contributed by atoms with Gasteiger partial charge in [0, 0.05) is 54.9 Å². The number of para-hydroxylation sites is 1. The summed E-state index contributed by atoms with van der Waals surface area (Å²) in [6.07, 6.45) is 3.85. The number of amides is 2. The smallest absolute Gasteiger partial charge is 0.315 e. The first-order chi connectivity index (χ1) is 15.5. The van der Waals surface area contributed by atoms with Gasteiger partial charge in [0.2, 0.25) is 0 Å². The second-order valence-corrected chi connectivity index (χ2v) is 8.96. The third-order valence-electron chi connectivity index (χ3n) is 5.99. The maximum absolute atomic E-state index is 12.3. The first-order valence-electron chi connectivity index (χ1n) is 11.1. The zero-order valence-corrected chi connectivity index (χ0v) is 19.3.